The predicted octanol–water partition coefficient (Wildman–Crippen LogP) is 1.84. The molecular weight excluding hydrogens is 376 g/mol. The first kappa shape index (κ1) is 20.6. The highest BCUT2D eigenvalue weighted by molar-refractivity contribution is 7.89. The maximum atomic E-state index is 12.6. The molecule has 0 radical (unpaired) electrons. The molecule has 28 heavy (non-hydrogen) atoms. The van der Waals surface area contributed by atoms with Crippen LogP contribution in [-0.4, -0.2) is 61.8 Å². The summed E-state index contributed by atoms with van der Waals surface area (Å²) >= 11 is 0. The molecule has 3 rings (SSSR count). The molecule has 1 amide bonds. The van der Waals surface area contributed by atoms with Gasteiger partial charge in [0, 0.05) is 45.1 Å². The minimum atomic E-state index is -3.50. The summed E-state index contributed by atoms with van der Waals surface area (Å²) in [7, 11) is 1.49. The van der Waals surface area contributed by atoms with Crippen molar-refractivity contribution in [1.82, 2.24) is 19.1 Å². The van der Waals surface area contributed by atoms with Crippen molar-refractivity contribution in [2.24, 2.45) is 7.05 Å². The fraction of sp³-hybridized carbons (Fsp3) is 0.450. The second kappa shape index (κ2) is 8.46. The van der Waals surface area contributed by atoms with Crippen molar-refractivity contribution >= 4 is 15.9 Å². The van der Waals surface area contributed by atoms with Gasteiger partial charge in [0.25, 0.3) is 5.91 Å². The van der Waals surface area contributed by atoms with Crippen LogP contribution in [0.4, 0.5) is 0 Å². The molecule has 1 atom stereocenters. The second-order valence-corrected chi connectivity index (χ2v) is 9.48. The molecule has 8 heteroatoms. The molecule has 1 N–H and O–H groups in total. The number of benzene rings is 1. The summed E-state index contributed by atoms with van der Waals surface area (Å²) < 4.78 is 27.6. The molecule has 1 aliphatic rings. The summed E-state index contributed by atoms with van der Waals surface area (Å²) in [5, 5.41) is 3.02. The lowest BCUT2D eigenvalue weighted by atomic mass is 10.1. The Morgan fingerprint density at radius 2 is 1.79 bits per heavy atom. The highest BCUT2D eigenvalue weighted by atomic mass is 32.2. The van der Waals surface area contributed by atoms with E-state index in [-0.39, 0.29) is 16.8 Å². The number of aromatic nitrogens is 1. The van der Waals surface area contributed by atoms with Gasteiger partial charge in [-0.15, -0.1) is 0 Å². The number of carbonyl (C=O) groups is 1. The van der Waals surface area contributed by atoms with Crippen LogP contribution in [0.2, 0.25) is 0 Å². The van der Waals surface area contributed by atoms with Crippen molar-refractivity contribution in [2.45, 2.75) is 23.8 Å². The maximum Gasteiger partial charge on any atom is 0.251 e. The van der Waals surface area contributed by atoms with Gasteiger partial charge in [-0.25, -0.2) is 12.7 Å². The van der Waals surface area contributed by atoms with E-state index in [2.05, 4.69) is 20.9 Å². The predicted molar refractivity (Wildman–Crippen MR) is 109 cm³/mol. The van der Waals surface area contributed by atoms with Crippen molar-refractivity contribution in [1.29, 1.82) is 0 Å². The van der Waals surface area contributed by atoms with Crippen LogP contribution in [-0.2, 0) is 17.1 Å². The van der Waals surface area contributed by atoms with Crippen LogP contribution in [0.3, 0.4) is 0 Å². The van der Waals surface area contributed by atoms with E-state index >= 15 is 0 Å². The first-order valence-corrected chi connectivity index (χ1v) is 10.9. The Morgan fingerprint density at radius 1 is 1.14 bits per heavy atom. The van der Waals surface area contributed by atoms with Crippen LogP contribution >= 0.6 is 0 Å². The third-order valence-corrected chi connectivity index (χ3v) is 7.09. The zero-order valence-corrected chi connectivity index (χ0v) is 17.4. The first-order valence-electron chi connectivity index (χ1n) is 9.47. The number of nitrogens with zero attached hydrogens (tertiary/aromatic N) is 3. The number of amides is 1. The normalized spacial score (nSPS) is 16.4. The summed E-state index contributed by atoms with van der Waals surface area (Å²) in [5.74, 6) is -0.202. The number of nitrogens with one attached hydrogen (secondary N) is 1. The second-order valence-electron chi connectivity index (χ2n) is 7.32. The summed E-state index contributed by atoms with van der Waals surface area (Å²) in [6.45, 7) is 2.57. The molecule has 1 aromatic carbocycles. The van der Waals surface area contributed by atoms with Crippen LogP contribution in [0.1, 0.15) is 34.9 Å². The number of sulfonamides is 1. The van der Waals surface area contributed by atoms with Crippen molar-refractivity contribution in [3.63, 3.8) is 0 Å². The van der Waals surface area contributed by atoms with E-state index in [9.17, 15) is 13.2 Å². The van der Waals surface area contributed by atoms with Crippen molar-refractivity contribution in [3.8, 4) is 0 Å². The smallest absolute Gasteiger partial charge is 0.251 e. The quantitative estimate of drug-likeness (QED) is 0.764. The first-order chi connectivity index (χ1) is 13.3. The van der Waals surface area contributed by atoms with Crippen LogP contribution in [0.15, 0.2) is 47.5 Å². The zero-order valence-electron chi connectivity index (χ0n) is 16.6. The third-order valence-electron chi connectivity index (χ3n) is 5.26. The number of aryl methyl sites for hydroxylation is 1. The molecule has 152 valence electrons. The van der Waals surface area contributed by atoms with Gasteiger partial charge in [0.05, 0.1) is 10.9 Å². The summed E-state index contributed by atoms with van der Waals surface area (Å²) in [4.78, 5) is 15.2. The molecule has 1 fully saturated rings. The number of carbonyl (C=O) groups excluding carboxylic acids is 1. The largest absolute Gasteiger partial charge is 0.353 e. The van der Waals surface area contributed by atoms with E-state index in [0.717, 1.165) is 17.4 Å². The fourth-order valence-electron chi connectivity index (χ4n) is 3.58. The Kier molecular flexibility index (Phi) is 6.22. The number of rotatable bonds is 7. The summed E-state index contributed by atoms with van der Waals surface area (Å²) in [6, 6.07) is 10.3. The number of hydrogen-bond donors (Lipinski definition) is 1. The molecule has 2 aromatic rings. The minimum Gasteiger partial charge on any atom is -0.353 e. The Hall–Kier alpha value is -2.16. The Labute approximate surface area is 167 Å². The lowest BCUT2D eigenvalue weighted by Crippen LogP contribution is -2.37. The van der Waals surface area contributed by atoms with E-state index in [0.29, 0.717) is 12.1 Å². The Morgan fingerprint density at radius 3 is 2.32 bits per heavy atom. The minimum absolute atomic E-state index is 0.125. The van der Waals surface area contributed by atoms with Crippen LogP contribution < -0.4 is 5.32 Å². The van der Waals surface area contributed by atoms with Gasteiger partial charge < -0.3 is 9.88 Å². The monoisotopic (exact) mass is 404 g/mol. The average Bonchev–Trinajstić information content (AvgIpc) is 3.34. The number of hydrogen-bond acceptors (Lipinski definition) is 4. The average molecular weight is 405 g/mol. The molecule has 0 bridgehead atoms. The van der Waals surface area contributed by atoms with E-state index in [4.69, 9.17) is 0 Å². The molecule has 7 nitrogen and oxygen atoms in total. The molecule has 0 unspecified atom stereocenters. The van der Waals surface area contributed by atoms with Gasteiger partial charge in [0.15, 0.2) is 0 Å². The van der Waals surface area contributed by atoms with E-state index in [1.165, 1.54) is 44.8 Å². The Balaban J connectivity index is 1.70. The Bertz CT molecular complexity index is 913. The van der Waals surface area contributed by atoms with Gasteiger partial charge in [-0.05, 0) is 62.3 Å². The maximum absolute atomic E-state index is 12.6. The summed E-state index contributed by atoms with van der Waals surface area (Å²) in [5.41, 5.74) is 1.62. The fourth-order valence-corrected chi connectivity index (χ4v) is 4.48. The lowest BCUT2D eigenvalue weighted by Gasteiger charge is -2.28. The van der Waals surface area contributed by atoms with Crippen molar-refractivity contribution < 1.29 is 13.2 Å². The molecule has 1 aliphatic heterocycles. The van der Waals surface area contributed by atoms with Gasteiger partial charge in [-0.3, -0.25) is 9.69 Å². The van der Waals surface area contributed by atoms with Crippen LogP contribution in [0.5, 0.6) is 0 Å². The van der Waals surface area contributed by atoms with Crippen LogP contribution in [0, 0.1) is 0 Å². The topological polar surface area (TPSA) is 74.6 Å². The molecule has 1 saturated heterocycles. The molecule has 0 aliphatic carbocycles. The van der Waals surface area contributed by atoms with Gasteiger partial charge >= 0.3 is 0 Å². The molecule has 1 aromatic heterocycles. The third kappa shape index (κ3) is 4.29. The van der Waals surface area contributed by atoms with Gasteiger partial charge in [-0.2, -0.15) is 0 Å². The molecular formula is C20H28N4O3S. The van der Waals surface area contributed by atoms with E-state index in [1.807, 2.05) is 19.3 Å². The van der Waals surface area contributed by atoms with Gasteiger partial charge in [0.2, 0.25) is 10.0 Å². The zero-order chi connectivity index (χ0) is 20.3. The molecule has 0 saturated carbocycles. The van der Waals surface area contributed by atoms with E-state index in [1.54, 1.807) is 12.1 Å². The summed E-state index contributed by atoms with van der Waals surface area (Å²) in [6.07, 6.45) is 4.37. The highest BCUT2D eigenvalue weighted by Crippen LogP contribution is 2.24. The van der Waals surface area contributed by atoms with Crippen molar-refractivity contribution in [2.75, 3.05) is 33.7 Å². The van der Waals surface area contributed by atoms with E-state index < -0.39 is 10.0 Å². The van der Waals surface area contributed by atoms with Crippen molar-refractivity contribution in [3.05, 3.63) is 53.9 Å². The number of likely N-dealkylation sites (tertiary alicyclic amines) is 1. The van der Waals surface area contributed by atoms with Gasteiger partial charge in [0.1, 0.15) is 0 Å². The highest BCUT2D eigenvalue weighted by Gasteiger charge is 2.26. The lowest BCUT2D eigenvalue weighted by molar-refractivity contribution is 0.0936. The standard InChI is InChI=1S/C20H28N4O3S/c1-22(2)28(26,27)17-10-8-16(9-11-17)20(25)21-15-19(24-13-4-5-14-24)18-7-6-12-23(18)3/h6-12,19H,4-5,13-15H2,1-3H3,(H,21,25)/t19-/m0/s1. The van der Waals surface area contributed by atoms with Crippen LogP contribution in [0.25, 0.3) is 0 Å². The molecule has 0 spiro atoms. The SMILES string of the molecule is CN(C)S(=O)(=O)c1ccc(C(=O)NC[C@@H](c2cccn2C)N2CCCC2)cc1. The molecule has 2 heterocycles. The van der Waals surface area contributed by atoms with Gasteiger partial charge in [-0.1, -0.05) is 0 Å².